The molecule has 91 valence electrons. The Hall–Kier alpha value is -2.16. The Morgan fingerprint density at radius 1 is 1.76 bits per heavy atom. The van der Waals surface area contributed by atoms with Crippen molar-refractivity contribution < 1.29 is 19.5 Å². The molecule has 1 rings (SSSR count). The summed E-state index contributed by atoms with van der Waals surface area (Å²) in [4.78, 5) is 29.5. The Morgan fingerprint density at radius 2 is 2.47 bits per heavy atom. The molecular formula is C8H9N4O4S. The summed E-state index contributed by atoms with van der Waals surface area (Å²) in [7, 11) is 0. The number of nitrogens with zero attached hydrogens (tertiary/aromatic N) is 2. The van der Waals surface area contributed by atoms with E-state index in [4.69, 9.17) is 16.6 Å². The summed E-state index contributed by atoms with van der Waals surface area (Å²) in [5.41, 5.74) is 12.2. The lowest BCUT2D eigenvalue weighted by Crippen LogP contribution is -2.17. The molecule has 0 fully saturated rings. The van der Waals surface area contributed by atoms with Gasteiger partial charge in [0.2, 0.25) is 0 Å². The molecule has 0 aromatic carbocycles. The molecule has 0 saturated carbocycles. The third kappa shape index (κ3) is 4.07. The molecule has 0 bridgehead atoms. The van der Waals surface area contributed by atoms with Crippen LogP contribution in [0.2, 0.25) is 0 Å². The van der Waals surface area contributed by atoms with Gasteiger partial charge in [-0.05, 0) is 0 Å². The second-order valence-corrected chi connectivity index (χ2v) is 3.79. The number of aromatic nitrogens is 1. The highest BCUT2D eigenvalue weighted by Gasteiger charge is 2.23. The zero-order valence-electron chi connectivity index (χ0n) is 8.49. The van der Waals surface area contributed by atoms with Crippen molar-refractivity contribution in [2.75, 3.05) is 12.3 Å². The molecule has 1 heterocycles. The summed E-state index contributed by atoms with van der Waals surface area (Å²) in [6.45, 7) is -0.289. The number of nitrogens with one attached hydrogen (secondary N) is 1. The van der Waals surface area contributed by atoms with E-state index in [0.29, 0.717) is 6.21 Å². The van der Waals surface area contributed by atoms with Crippen molar-refractivity contribution in [3.63, 3.8) is 0 Å². The van der Waals surface area contributed by atoms with E-state index >= 15 is 0 Å². The van der Waals surface area contributed by atoms with Crippen LogP contribution in [-0.2, 0) is 14.4 Å². The first kappa shape index (κ1) is 12.9. The lowest BCUT2D eigenvalue weighted by Gasteiger charge is -2.07. The first-order chi connectivity index (χ1) is 8.00. The van der Waals surface area contributed by atoms with Gasteiger partial charge >= 0.3 is 5.97 Å². The third-order valence-corrected chi connectivity index (χ3v) is 2.37. The van der Waals surface area contributed by atoms with Crippen LogP contribution >= 0.6 is 11.3 Å². The maximum absolute atomic E-state index is 10.9. The van der Waals surface area contributed by atoms with E-state index in [1.165, 1.54) is 5.38 Å². The maximum atomic E-state index is 10.9. The number of carbonyl (C=O) groups excluding carboxylic acids is 1. The van der Waals surface area contributed by atoms with Crippen molar-refractivity contribution in [2.24, 2.45) is 5.16 Å². The average Bonchev–Trinajstić information content (AvgIpc) is 2.63. The van der Waals surface area contributed by atoms with E-state index in [-0.39, 0.29) is 17.4 Å². The highest BCUT2D eigenvalue weighted by molar-refractivity contribution is 7.13. The molecule has 0 spiro atoms. The number of carboxylic acid groups (broad SMARTS) is 1. The summed E-state index contributed by atoms with van der Waals surface area (Å²) in [5.74, 6) is -3.18. The average molecular weight is 257 g/mol. The number of aliphatic carboxylic acids is 1. The SMILES string of the molecule is [NH]C(=O)/C=N/OCC(C(=O)O)c1csc(N)n1. The van der Waals surface area contributed by atoms with Gasteiger partial charge in [-0.1, -0.05) is 5.16 Å². The summed E-state index contributed by atoms with van der Waals surface area (Å²) < 4.78 is 0. The summed E-state index contributed by atoms with van der Waals surface area (Å²) in [5, 5.41) is 13.8. The molecule has 0 aliphatic heterocycles. The molecule has 0 aliphatic rings. The zero-order chi connectivity index (χ0) is 12.8. The minimum Gasteiger partial charge on any atom is -0.481 e. The summed E-state index contributed by atoms with van der Waals surface area (Å²) in [6, 6.07) is 0. The second kappa shape index (κ2) is 5.80. The van der Waals surface area contributed by atoms with Crippen LogP contribution in [0.3, 0.4) is 0 Å². The molecule has 17 heavy (non-hydrogen) atoms. The zero-order valence-corrected chi connectivity index (χ0v) is 9.31. The highest BCUT2D eigenvalue weighted by atomic mass is 32.1. The van der Waals surface area contributed by atoms with Crippen LogP contribution in [0.1, 0.15) is 11.6 Å². The predicted octanol–water partition coefficient (Wildman–Crippen LogP) is -0.295. The van der Waals surface area contributed by atoms with Gasteiger partial charge in [0.1, 0.15) is 18.7 Å². The van der Waals surface area contributed by atoms with Crippen molar-refractivity contribution in [1.29, 1.82) is 0 Å². The van der Waals surface area contributed by atoms with Gasteiger partial charge in [0.25, 0.3) is 5.91 Å². The lowest BCUT2D eigenvalue weighted by atomic mass is 10.1. The molecule has 0 saturated heterocycles. The van der Waals surface area contributed by atoms with Crippen molar-refractivity contribution in [3.8, 4) is 0 Å². The molecule has 1 aromatic heterocycles. The first-order valence-corrected chi connectivity index (χ1v) is 5.23. The summed E-state index contributed by atoms with van der Waals surface area (Å²) >= 11 is 1.12. The van der Waals surface area contributed by atoms with E-state index in [2.05, 4.69) is 15.0 Å². The van der Waals surface area contributed by atoms with Crippen LogP contribution in [0.25, 0.3) is 0 Å². The smallest absolute Gasteiger partial charge is 0.316 e. The van der Waals surface area contributed by atoms with Gasteiger partial charge in [0.15, 0.2) is 5.13 Å². The summed E-state index contributed by atoms with van der Waals surface area (Å²) in [6.07, 6.45) is 0.633. The molecule has 1 amide bonds. The molecule has 1 atom stereocenters. The highest BCUT2D eigenvalue weighted by Crippen LogP contribution is 2.20. The number of carbonyl (C=O) groups is 2. The van der Waals surface area contributed by atoms with E-state index < -0.39 is 17.8 Å². The molecular weight excluding hydrogens is 248 g/mol. The Morgan fingerprint density at radius 3 is 2.94 bits per heavy atom. The number of hydrogen-bond donors (Lipinski definition) is 2. The number of carboxylic acids is 1. The molecule has 1 aromatic rings. The third-order valence-electron chi connectivity index (χ3n) is 1.68. The van der Waals surface area contributed by atoms with Gasteiger partial charge in [0, 0.05) is 5.38 Å². The quantitative estimate of drug-likeness (QED) is 0.530. The fourth-order valence-corrected chi connectivity index (χ4v) is 1.56. The molecule has 1 unspecified atom stereocenters. The maximum Gasteiger partial charge on any atom is 0.316 e. The fraction of sp³-hybridized carbons (Fsp3) is 0.250. The van der Waals surface area contributed by atoms with Crippen molar-refractivity contribution in [1.82, 2.24) is 10.7 Å². The van der Waals surface area contributed by atoms with E-state index in [1.807, 2.05) is 0 Å². The van der Waals surface area contributed by atoms with Crippen LogP contribution in [0.15, 0.2) is 10.5 Å². The molecule has 0 aliphatic carbocycles. The number of nitrogen functional groups attached to an aromatic ring is 1. The van der Waals surface area contributed by atoms with Crippen LogP contribution in [0.5, 0.6) is 0 Å². The van der Waals surface area contributed by atoms with Crippen LogP contribution in [-0.4, -0.2) is 34.8 Å². The second-order valence-electron chi connectivity index (χ2n) is 2.90. The normalized spacial score (nSPS) is 12.5. The minimum atomic E-state index is -1.14. The first-order valence-electron chi connectivity index (χ1n) is 4.35. The van der Waals surface area contributed by atoms with Crippen molar-refractivity contribution >= 4 is 34.6 Å². The minimum absolute atomic E-state index is 0.260. The van der Waals surface area contributed by atoms with Crippen molar-refractivity contribution in [2.45, 2.75) is 5.92 Å². The van der Waals surface area contributed by atoms with E-state index in [9.17, 15) is 9.59 Å². The van der Waals surface area contributed by atoms with E-state index in [1.54, 1.807) is 0 Å². The number of anilines is 1. The topological polar surface area (TPSA) is 139 Å². The molecule has 1 radical (unpaired) electrons. The number of rotatable bonds is 6. The van der Waals surface area contributed by atoms with Gasteiger partial charge in [-0.2, -0.15) is 0 Å². The Bertz CT molecular complexity index is 444. The number of oxime groups is 1. The molecule has 8 nitrogen and oxygen atoms in total. The lowest BCUT2D eigenvalue weighted by molar-refractivity contribution is -0.140. The fourth-order valence-electron chi connectivity index (χ4n) is 0.947. The van der Waals surface area contributed by atoms with Crippen LogP contribution in [0, 0.1) is 0 Å². The number of thiazole rings is 1. The predicted molar refractivity (Wildman–Crippen MR) is 59.5 cm³/mol. The van der Waals surface area contributed by atoms with Gasteiger partial charge in [-0.15, -0.1) is 11.3 Å². The van der Waals surface area contributed by atoms with E-state index in [0.717, 1.165) is 11.3 Å². The Kier molecular flexibility index (Phi) is 4.40. The Balaban J connectivity index is 2.62. The number of hydrogen-bond acceptors (Lipinski definition) is 7. The number of nitrogens with two attached hydrogens (primary N) is 1. The van der Waals surface area contributed by atoms with Crippen LogP contribution < -0.4 is 11.5 Å². The van der Waals surface area contributed by atoms with Crippen molar-refractivity contribution in [3.05, 3.63) is 11.1 Å². The largest absolute Gasteiger partial charge is 0.481 e. The van der Waals surface area contributed by atoms with Crippen LogP contribution in [0.4, 0.5) is 5.13 Å². The molecule has 9 heteroatoms. The molecule has 4 N–H and O–H groups in total. The number of amides is 1. The van der Waals surface area contributed by atoms with Gasteiger partial charge in [-0.25, -0.2) is 4.98 Å². The van der Waals surface area contributed by atoms with Gasteiger partial charge < -0.3 is 15.7 Å². The standard InChI is InChI=1S/C8H9N4O4S/c9-6(13)1-11-16-2-4(7(14)15)5-3-17-8(10)12-5/h1,3-4,9H,2H2,(H2,10,12)(H,14,15)/b11-1+. The monoisotopic (exact) mass is 257 g/mol. The Labute approximate surface area is 99.9 Å². The van der Waals surface area contributed by atoms with Gasteiger partial charge in [0.05, 0.1) is 5.69 Å². The van der Waals surface area contributed by atoms with Gasteiger partial charge in [-0.3, -0.25) is 15.3 Å².